The maximum atomic E-state index is 12.7. The topological polar surface area (TPSA) is 9.23 Å². The van der Waals surface area contributed by atoms with Crippen molar-refractivity contribution in [3.05, 3.63) is 29.8 Å². The Labute approximate surface area is 71.9 Å². The lowest BCUT2D eigenvalue weighted by Crippen LogP contribution is -2.09. The average Bonchev–Trinajstić information content (AvgIpc) is 2.03. The second-order valence-corrected chi connectivity index (χ2v) is 2.25. The predicted molar refractivity (Wildman–Crippen MR) is 37.9 cm³/mol. The first-order chi connectivity index (χ1) is 6.11. The minimum atomic E-state index is -2.75. The zero-order valence-corrected chi connectivity index (χ0v) is 6.44. The monoisotopic (exact) mass is 194 g/mol. The van der Waals surface area contributed by atoms with Crippen LogP contribution in [0.1, 0.15) is 0 Å². The third kappa shape index (κ3) is 2.61. The third-order valence-corrected chi connectivity index (χ3v) is 1.27. The van der Waals surface area contributed by atoms with Crippen molar-refractivity contribution in [2.45, 2.75) is 6.43 Å². The maximum Gasteiger partial charge on any atom is 0.272 e. The third-order valence-electron chi connectivity index (χ3n) is 1.27. The Kier molecular flexibility index (Phi) is 3.11. The quantitative estimate of drug-likeness (QED) is 0.672. The first-order valence-corrected chi connectivity index (χ1v) is 3.46. The summed E-state index contributed by atoms with van der Waals surface area (Å²) in [6.45, 7) is -1.02. The number of rotatable bonds is 3. The van der Waals surface area contributed by atoms with Gasteiger partial charge in [0.05, 0.1) is 0 Å². The maximum absolute atomic E-state index is 12.7. The van der Waals surface area contributed by atoms with Gasteiger partial charge >= 0.3 is 0 Å². The van der Waals surface area contributed by atoms with E-state index < -0.39 is 30.4 Å². The van der Waals surface area contributed by atoms with Crippen molar-refractivity contribution in [2.24, 2.45) is 0 Å². The van der Waals surface area contributed by atoms with Crippen molar-refractivity contribution in [3.63, 3.8) is 0 Å². The van der Waals surface area contributed by atoms with Crippen LogP contribution in [0.5, 0.6) is 5.75 Å². The van der Waals surface area contributed by atoms with Gasteiger partial charge in [-0.15, -0.1) is 0 Å². The molecule has 0 atom stereocenters. The Bertz CT molecular complexity index is 267. The summed E-state index contributed by atoms with van der Waals surface area (Å²) in [6, 6.07) is 2.99. The molecule has 0 bridgehead atoms. The Morgan fingerprint density at radius 3 is 2.15 bits per heavy atom. The molecule has 0 aromatic heterocycles. The fourth-order valence-corrected chi connectivity index (χ4v) is 0.767. The highest BCUT2D eigenvalue weighted by atomic mass is 19.3. The molecule has 1 aromatic carbocycles. The summed E-state index contributed by atoms with van der Waals surface area (Å²) < 4.78 is 52.8. The van der Waals surface area contributed by atoms with Gasteiger partial charge < -0.3 is 4.74 Å². The van der Waals surface area contributed by atoms with E-state index >= 15 is 0 Å². The fraction of sp³-hybridized carbons (Fsp3) is 0.250. The second-order valence-electron chi connectivity index (χ2n) is 2.25. The molecule has 0 aliphatic heterocycles. The van der Waals surface area contributed by atoms with Crippen molar-refractivity contribution < 1.29 is 22.3 Å². The standard InChI is InChI=1S/C8H6F4O/c9-5-2-1-3-6(10)8(5)13-4-7(11)12/h1-3,7H,4H2. The van der Waals surface area contributed by atoms with Gasteiger partial charge in [0.25, 0.3) is 6.43 Å². The zero-order chi connectivity index (χ0) is 9.84. The van der Waals surface area contributed by atoms with Gasteiger partial charge in [-0.3, -0.25) is 0 Å². The Morgan fingerprint density at radius 2 is 1.69 bits per heavy atom. The number of alkyl halides is 2. The summed E-state index contributed by atoms with van der Waals surface area (Å²) in [5.74, 6) is -2.73. The number of benzene rings is 1. The van der Waals surface area contributed by atoms with E-state index in [4.69, 9.17) is 0 Å². The van der Waals surface area contributed by atoms with Crippen LogP contribution in [-0.2, 0) is 0 Å². The average molecular weight is 194 g/mol. The van der Waals surface area contributed by atoms with Gasteiger partial charge in [0.1, 0.15) is 6.61 Å². The van der Waals surface area contributed by atoms with Crippen molar-refractivity contribution in [3.8, 4) is 5.75 Å². The van der Waals surface area contributed by atoms with Crippen molar-refractivity contribution in [1.29, 1.82) is 0 Å². The summed E-state index contributed by atoms with van der Waals surface area (Å²) in [4.78, 5) is 0. The molecule has 72 valence electrons. The van der Waals surface area contributed by atoms with E-state index in [1.54, 1.807) is 0 Å². The minimum Gasteiger partial charge on any atom is -0.482 e. The molecule has 13 heavy (non-hydrogen) atoms. The van der Waals surface area contributed by atoms with E-state index in [9.17, 15) is 17.6 Å². The Balaban J connectivity index is 2.75. The summed E-state index contributed by atoms with van der Waals surface area (Å²) in [6.07, 6.45) is -2.75. The molecule has 0 saturated carbocycles. The van der Waals surface area contributed by atoms with Crippen molar-refractivity contribution >= 4 is 0 Å². The first-order valence-electron chi connectivity index (χ1n) is 3.46. The predicted octanol–water partition coefficient (Wildman–Crippen LogP) is 2.61. The lowest BCUT2D eigenvalue weighted by molar-refractivity contribution is 0.0777. The number of hydrogen-bond donors (Lipinski definition) is 0. The van der Waals surface area contributed by atoms with Gasteiger partial charge in [-0.05, 0) is 12.1 Å². The molecule has 1 aromatic rings. The molecule has 0 N–H and O–H groups in total. The number of ether oxygens (including phenoxy) is 1. The highest BCUT2D eigenvalue weighted by molar-refractivity contribution is 5.25. The van der Waals surface area contributed by atoms with Gasteiger partial charge in [-0.1, -0.05) is 6.07 Å². The molecule has 0 aliphatic carbocycles. The molecule has 0 amide bonds. The summed E-state index contributed by atoms with van der Waals surface area (Å²) in [7, 11) is 0. The SMILES string of the molecule is Fc1cccc(F)c1OCC(F)F. The van der Waals surface area contributed by atoms with Gasteiger partial charge in [0.15, 0.2) is 17.4 Å². The molecule has 0 heterocycles. The summed E-state index contributed by atoms with van der Waals surface area (Å²) in [5, 5.41) is 0. The number of hydrogen-bond acceptors (Lipinski definition) is 1. The highest BCUT2D eigenvalue weighted by Crippen LogP contribution is 2.21. The van der Waals surface area contributed by atoms with Crippen LogP contribution < -0.4 is 4.74 Å². The highest BCUT2D eigenvalue weighted by Gasteiger charge is 2.11. The van der Waals surface area contributed by atoms with Gasteiger partial charge in [-0.25, -0.2) is 17.6 Å². The van der Waals surface area contributed by atoms with Crippen LogP contribution in [0, 0.1) is 11.6 Å². The minimum absolute atomic E-state index is 0.761. The molecule has 0 fully saturated rings. The van der Waals surface area contributed by atoms with E-state index in [0.29, 0.717) is 0 Å². The Hall–Kier alpha value is -1.26. The van der Waals surface area contributed by atoms with Crippen molar-refractivity contribution in [2.75, 3.05) is 6.61 Å². The van der Waals surface area contributed by atoms with Crippen LogP contribution in [0.2, 0.25) is 0 Å². The van der Waals surface area contributed by atoms with Crippen LogP contribution in [0.3, 0.4) is 0 Å². The smallest absolute Gasteiger partial charge is 0.272 e. The van der Waals surface area contributed by atoms with Crippen LogP contribution >= 0.6 is 0 Å². The largest absolute Gasteiger partial charge is 0.482 e. The number of para-hydroxylation sites is 1. The van der Waals surface area contributed by atoms with Crippen LogP contribution in [0.25, 0.3) is 0 Å². The fourth-order valence-electron chi connectivity index (χ4n) is 0.767. The molecule has 1 nitrogen and oxygen atoms in total. The Morgan fingerprint density at radius 1 is 1.15 bits per heavy atom. The molecule has 0 aliphatic rings. The van der Waals surface area contributed by atoms with E-state index in [0.717, 1.165) is 18.2 Å². The first kappa shape index (κ1) is 9.83. The molecular weight excluding hydrogens is 188 g/mol. The van der Waals surface area contributed by atoms with Crippen LogP contribution in [0.4, 0.5) is 17.6 Å². The molecule has 0 spiro atoms. The van der Waals surface area contributed by atoms with E-state index in [1.165, 1.54) is 0 Å². The molecule has 0 saturated heterocycles. The second kappa shape index (κ2) is 4.11. The number of halogens is 4. The summed E-state index contributed by atoms with van der Waals surface area (Å²) >= 11 is 0. The van der Waals surface area contributed by atoms with E-state index in [-0.39, 0.29) is 0 Å². The van der Waals surface area contributed by atoms with Crippen LogP contribution in [0.15, 0.2) is 18.2 Å². The van der Waals surface area contributed by atoms with E-state index in [2.05, 4.69) is 4.74 Å². The molecule has 0 unspecified atom stereocenters. The van der Waals surface area contributed by atoms with Gasteiger partial charge in [-0.2, -0.15) is 0 Å². The van der Waals surface area contributed by atoms with Crippen molar-refractivity contribution in [1.82, 2.24) is 0 Å². The molecular formula is C8H6F4O. The molecule has 0 radical (unpaired) electrons. The van der Waals surface area contributed by atoms with E-state index in [1.807, 2.05) is 0 Å². The van der Waals surface area contributed by atoms with Crippen LogP contribution in [-0.4, -0.2) is 13.0 Å². The lowest BCUT2D eigenvalue weighted by Gasteiger charge is -2.06. The molecule has 1 rings (SSSR count). The lowest BCUT2D eigenvalue weighted by atomic mass is 10.3. The normalized spacial score (nSPS) is 10.5. The van der Waals surface area contributed by atoms with Gasteiger partial charge in [0.2, 0.25) is 0 Å². The van der Waals surface area contributed by atoms with Gasteiger partial charge in [0, 0.05) is 0 Å². The zero-order valence-electron chi connectivity index (χ0n) is 6.44. The molecule has 5 heteroatoms. The summed E-state index contributed by atoms with van der Waals surface area (Å²) in [5.41, 5.74) is 0.